The van der Waals surface area contributed by atoms with Gasteiger partial charge in [-0.25, -0.2) is 0 Å². The number of carbonyl (C=O) groups excluding carboxylic acids is 2. The highest BCUT2D eigenvalue weighted by Crippen LogP contribution is 2.47. The second kappa shape index (κ2) is 3.55. The molecule has 0 aromatic heterocycles. The van der Waals surface area contributed by atoms with Crippen LogP contribution in [-0.2, 0) is 4.79 Å². The van der Waals surface area contributed by atoms with Crippen LogP contribution in [-0.4, -0.2) is 11.7 Å². The maximum Gasteiger partial charge on any atom is 0.221 e. The first-order valence-electron chi connectivity index (χ1n) is 5.84. The average molecular weight is 227 g/mol. The molecular formula is C14H13NO2. The summed E-state index contributed by atoms with van der Waals surface area (Å²) in [6, 6.07) is 7.59. The van der Waals surface area contributed by atoms with Crippen LogP contribution >= 0.6 is 0 Å². The van der Waals surface area contributed by atoms with Gasteiger partial charge in [-0.05, 0) is 29.9 Å². The number of amides is 1. The van der Waals surface area contributed by atoms with Gasteiger partial charge in [-0.15, -0.1) is 0 Å². The fourth-order valence-electron chi connectivity index (χ4n) is 2.40. The Hall–Kier alpha value is -1.90. The fraction of sp³-hybridized carbons (Fsp3) is 0.286. The molecule has 17 heavy (non-hydrogen) atoms. The van der Waals surface area contributed by atoms with Crippen molar-refractivity contribution >= 4 is 17.3 Å². The van der Waals surface area contributed by atoms with Gasteiger partial charge in [0.1, 0.15) is 0 Å². The Labute approximate surface area is 99.5 Å². The highest BCUT2D eigenvalue weighted by molar-refractivity contribution is 6.21. The summed E-state index contributed by atoms with van der Waals surface area (Å²) in [5.74, 6) is 0.224. The molecule has 3 nitrogen and oxygen atoms in total. The van der Waals surface area contributed by atoms with E-state index in [4.69, 9.17) is 0 Å². The largest absolute Gasteiger partial charge is 0.323 e. The maximum atomic E-state index is 12.2. The number of benzene rings is 1. The van der Waals surface area contributed by atoms with Crippen molar-refractivity contribution in [2.75, 3.05) is 0 Å². The predicted molar refractivity (Wildman–Crippen MR) is 64.2 cm³/mol. The Kier molecular flexibility index (Phi) is 2.15. The monoisotopic (exact) mass is 227 g/mol. The third-order valence-electron chi connectivity index (χ3n) is 3.24. The van der Waals surface area contributed by atoms with Crippen molar-refractivity contribution in [1.29, 1.82) is 0 Å². The summed E-state index contributed by atoms with van der Waals surface area (Å²) >= 11 is 0. The number of rotatable bonds is 2. The minimum Gasteiger partial charge on any atom is -0.323 e. The second-order valence-corrected chi connectivity index (χ2v) is 4.62. The molecule has 0 aliphatic heterocycles. The molecule has 0 bridgehead atoms. The Morgan fingerprint density at radius 1 is 1.24 bits per heavy atom. The Morgan fingerprint density at radius 3 is 2.47 bits per heavy atom. The van der Waals surface area contributed by atoms with E-state index >= 15 is 0 Å². The van der Waals surface area contributed by atoms with Gasteiger partial charge in [0.05, 0.1) is 5.70 Å². The van der Waals surface area contributed by atoms with Crippen molar-refractivity contribution in [1.82, 2.24) is 5.32 Å². The lowest BCUT2D eigenvalue weighted by molar-refractivity contribution is -0.118. The van der Waals surface area contributed by atoms with Crippen molar-refractivity contribution in [3.05, 3.63) is 41.1 Å². The predicted octanol–water partition coefficient (Wildman–Crippen LogP) is 2.14. The third kappa shape index (κ3) is 1.58. The summed E-state index contributed by atoms with van der Waals surface area (Å²) in [4.78, 5) is 23.4. The minimum atomic E-state index is -0.181. The minimum absolute atomic E-state index is 0.0438. The van der Waals surface area contributed by atoms with Gasteiger partial charge in [-0.3, -0.25) is 9.59 Å². The van der Waals surface area contributed by atoms with E-state index in [1.165, 1.54) is 6.92 Å². The van der Waals surface area contributed by atoms with E-state index in [9.17, 15) is 9.59 Å². The van der Waals surface area contributed by atoms with Crippen LogP contribution in [0.15, 0.2) is 30.0 Å². The first-order valence-corrected chi connectivity index (χ1v) is 5.84. The molecule has 0 unspecified atom stereocenters. The zero-order valence-corrected chi connectivity index (χ0v) is 9.62. The summed E-state index contributed by atoms with van der Waals surface area (Å²) in [5, 5.41) is 2.70. The van der Waals surface area contributed by atoms with Gasteiger partial charge < -0.3 is 5.32 Å². The first kappa shape index (κ1) is 10.3. The van der Waals surface area contributed by atoms with Crippen LogP contribution in [0.1, 0.15) is 35.7 Å². The molecule has 1 fully saturated rings. The molecule has 1 amide bonds. The summed E-state index contributed by atoms with van der Waals surface area (Å²) in [5.41, 5.74) is 3.27. The second-order valence-electron chi connectivity index (χ2n) is 4.62. The van der Waals surface area contributed by atoms with E-state index in [-0.39, 0.29) is 11.7 Å². The quantitative estimate of drug-likeness (QED) is 0.841. The van der Waals surface area contributed by atoms with Gasteiger partial charge in [0.2, 0.25) is 11.7 Å². The van der Waals surface area contributed by atoms with Gasteiger partial charge in [0.25, 0.3) is 0 Å². The zero-order chi connectivity index (χ0) is 12.0. The number of ketones is 1. The van der Waals surface area contributed by atoms with Gasteiger partial charge in [0, 0.05) is 12.5 Å². The van der Waals surface area contributed by atoms with Gasteiger partial charge >= 0.3 is 0 Å². The SMILES string of the molecule is CC(=O)NC1=C(C2CC2)c2ccccc2C1=O. The standard InChI is InChI=1S/C14H13NO2/c1-8(16)15-13-12(9-6-7-9)10-4-2-3-5-11(10)14(13)17/h2-5,9H,6-7H2,1H3,(H,15,16,17). The molecule has 1 aromatic rings. The first-order chi connectivity index (χ1) is 8.18. The van der Waals surface area contributed by atoms with Gasteiger partial charge in [-0.2, -0.15) is 0 Å². The van der Waals surface area contributed by atoms with Crippen LogP contribution in [0.2, 0.25) is 0 Å². The molecule has 1 aromatic carbocycles. The molecule has 86 valence electrons. The Balaban J connectivity index is 2.13. The zero-order valence-electron chi connectivity index (χ0n) is 9.62. The third-order valence-corrected chi connectivity index (χ3v) is 3.24. The normalized spacial score (nSPS) is 18.3. The van der Waals surface area contributed by atoms with Crippen LogP contribution in [0.25, 0.3) is 5.57 Å². The Morgan fingerprint density at radius 2 is 1.88 bits per heavy atom. The van der Waals surface area contributed by atoms with E-state index in [1.807, 2.05) is 24.3 Å². The summed E-state index contributed by atoms with van der Waals surface area (Å²) < 4.78 is 0. The molecule has 0 radical (unpaired) electrons. The molecule has 3 rings (SSSR count). The maximum absolute atomic E-state index is 12.2. The average Bonchev–Trinajstić information content (AvgIpc) is 3.08. The topological polar surface area (TPSA) is 46.2 Å². The molecule has 2 aliphatic rings. The molecule has 1 saturated carbocycles. The van der Waals surface area contributed by atoms with Crippen molar-refractivity contribution in [3.8, 4) is 0 Å². The lowest BCUT2D eigenvalue weighted by Crippen LogP contribution is -2.23. The summed E-state index contributed by atoms with van der Waals surface area (Å²) in [7, 11) is 0. The molecule has 0 spiro atoms. The Bertz CT molecular complexity index is 553. The molecule has 2 aliphatic carbocycles. The number of hydrogen-bond acceptors (Lipinski definition) is 2. The number of carbonyl (C=O) groups is 2. The van der Waals surface area contributed by atoms with Crippen LogP contribution < -0.4 is 5.32 Å². The summed E-state index contributed by atoms with van der Waals surface area (Å²) in [6.45, 7) is 1.44. The number of allylic oxidation sites excluding steroid dienone is 2. The van der Waals surface area contributed by atoms with Crippen molar-refractivity contribution in [2.45, 2.75) is 19.8 Å². The van der Waals surface area contributed by atoms with E-state index < -0.39 is 0 Å². The van der Waals surface area contributed by atoms with Gasteiger partial charge in [-0.1, -0.05) is 24.3 Å². The van der Waals surface area contributed by atoms with Crippen molar-refractivity contribution < 1.29 is 9.59 Å². The van der Waals surface area contributed by atoms with E-state index in [2.05, 4.69) is 5.32 Å². The van der Waals surface area contributed by atoms with E-state index in [1.54, 1.807) is 0 Å². The number of hydrogen-bond donors (Lipinski definition) is 1. The lowest BCUT2D eigenvalue weighted by atomic mass is 10.0. The van der Waals surface area contributed by atoms with Crippen molar-refractivity contribution in [3.63, 3.8) is 0 Å². The molecular weight excluding hydrogens is 214 g/mol. The lowest BCUT2D eigenvalue weighted by Gasteiger charge is -2.05. The molecule has 0 heterocycles. The van der Waals surface area contributed by atoms with Crippen LogP contribution in [0.5, 0.6) is 0 Å². The molecule has 3 heteroatoms. The van der Waals surface area contributed by atoms with Gasteiger partial charge in [0.15, 0.2) is 0 Å². The fourth-order valence-corrected chi connectivity index (χ4v) is 2.40. The molecule has 0 saturated heterocycles. The smallest absolute Gasteiger partial charge is 0.221 e. The highest BCUT2D eigenvalue weighted by Gasteiger charge is 2.38. The molecule has 1 N–H and O–H groups in total. The highest BCUT2D eigenvalue weighted by atomic mass is 16.2. The molecule has 0 atom stereocenters. The number of fused-ring (bicyclic) bond motifs is 1. The van der Waals surface area contributed by atoms with Crippen LogP contribution in [0, 0.1) is 5.92 Å². The van der Waals surface area contributed by atoms with Crippen LogP contribution in [0.3, 0.4) is 0 Å². The van der Waals surface area contributed by atoms with E-state index in [0.717, 1.165) is 29.5 Å². The van der Waals surface area contributed by atoms with Crippen molar-refractivity contribution in [2.24, 2.45) is 5.92 Å². The van der Waals surface area contributed by atoms with E-state index in [0.29, 0.717) is 11.6 Å². The van der Waals surface area contributed by atoms with Crippen LogP contribution in [0.4, 0.5) is 0 Å². The number of nitrogens with one attached hydrogen (secondary N) is 1. The summed E-state index contributed by atoms with van der Waals surface area (Å²) in [6.07, 6.45) is 2.22. The number of Topliss-reactive ketones (excluding diaryl/α,β-unsaturated/α-hetero) is 1.